The molecular weight excluding hydrogens is 176 g/mol. The first-order chi connectivity index (χ1) is 5.27. The number of nitrogens with two attached hydrogens (primary N) is 1. The van der Waals surface area contributed by atoms with E-state index in [0.717, 1.165) is 19.9 Å². The molecule has 0 aliphatic heterocycles. The fraction of sp³-hybridized carbons (Fsp3) is 0. The van der Waals surface area contributed by atoms with Crippen molar-refractivity contribution in [1.82, 2.24) is 4.98 Å². The van der Waals surface area contributed by atoms with Crippen LogP contribution in [-0.4, -0.2) is 4.98 Å². The van der Waals surface area contributed by atoms with E-state index in [-0.39, 0.29) is 0 Å². The summed E-state index contributed by atoms with van der Waals surface area (Å²) in [5, 5.41) is 0. The molecule has 2 nitrogen and oxygen atoms in total. The summed E-state index contributed by atoms with van der Waals surface area (Å²) in [5.74, 6) is 0. The predicted molar refractivity (Wildman–Crippen MR) is 51.4 cm³/mol. The van der Waals surface area contributed by atoms with Crippen LogP contribution in [0.4, 0.5) is 5.69 Å². The van der Waals surface area contributed by atoms with Crippen LogP contribution < -0.4 is 5.73 Å². The second kappa shape index (κ2) is 2.32. The van der Waals surface area contributed by atoms with Gasteiger partial charge in [0.25, 0.3) is 0 Å². The van der Waals surface area contributed by atoms with Crippen LogP contribution in [-0.2, 0) is 0 Å². The first-order valence-electron chi connectivity index (χ1n) is 3.15. The molecule has 0 spiro atoms. The Labute approximate surface area is 72.7 Å². The topological polar surface area (TPSA) is 41.8 Å². The third kappa shape index (κ3) is 1.04. The Hall–Kier alpha value is -0.870. The maximum absolute atomic E-state index is 5.71. The average molecular weight is 182 g/mol. The first-order valence-corrected chi connectivity index (χ1v) is 4.37. The van der Waals surface area contributed by atoms with Crippen molar-refractivity contribution in [3.8, 4) is 0 Å². The van der Waals surface area contributed by atoms with Crippen LogP contribution in [0.15, 0.2) is 18.2 Å². The normalized spacial score (nSPS) is 10.5. The molecule has 0 saturated heterocycles. The molecule has 0 saturated carbocycles. The maximum atomic E-state index is 5.71. The lowest BCUT2D eigenvalue weighted by Crippen LogP contribution is -1.82. The van der Waals surface area contributed by atoms with Gasteiger partial charge in [0.1, 0.15) is 0 Å². The zero-order valence-electron chi connectivity index (χ0n) is 5.63. The highest BCUT2D eigenvalue weighted by Gasteiger charge is 1.98. The van der Waals surface area contributed by atoms with Gasteiger partial charge in [-0.15, -0.1) is 11.3 Å². The number of thiazole rings is 1. The van der Waals surface area contributed by atoms with Gasteiger partial charge in [0.15, 0.2) is 3.95 Å². The molecule has 0 unspecified atom stereocenters. The van der Waals surface area contributed by atoms with E-state index in [4.69, 9.17) is 18.0 Å². The Kier molecular flexibility index (Phi) is 1.44. The van der Waals surface area contributed by atoms with E-state index in [0.29, 0.717) is 0 Å². The number of nitrogens with one attached hydrogen (secondary N) is 1. The number of hydrogen-bond acceptors (Lipinski definition) is 3. The van der Waals surface area contributed by atoms with Gasteiger partial charge in [0.2, 0.25) is 0 Å². The lowest BCUT2D eigenvalue weighted by molar-refractivity contribution is 1.47. The van der Waals surface area contributed by atoms with Crippen molar-refractivity contribution in [2.75, 3.05) is 5.73 Å². The third-order valence-electron chi connectivity index (χ3n) is 1.48. The molecule has 0 fully saturated rings. The molecule has 11 heavy (non-hydrogen) atoms. The van der Waals surface area contributed by atoms with Gasteiger partial charge in [-0.3, -0.25) is 0 Å². The Morgan fingerprint density at radius 3 is 3.00 bits per heavy atom. The number of nitrogen functional groups attached to an aromatic ring is 1. The van der Waals surface area contributed by atoms with Crippen molar-refractivity contribution in [2.45, 2.75) is 0 Å². The van der Waals surface area contributed by atoms with E-state index in [1.54, 1.807) is 0 Å². The second-order valence-electron chi connectivity index (χ2n) is 2.24. The van der Waals surface area contributed by atoms with Gasteiger partial charge in [-0.1, -0.05) is 6.07 Å². The molecule has 4 heteroatoms. The van der Waals surface area contributed by atoms with Crippen molar-refractivity contribution in [3.05, 3.63) is 22.2 Å². The summed E-state index contributed by atoms with van der Waals surface area (Å²) in [6.45, 7) is 0. The molecule has 2 aromatic rings. The Bertz CT molecular complexity index is 441. The zero-order chi connectivity index (χ0) is 7.84. The molecular formula is C7H6N2S2. The highest BCUT2D eigenvalue weighted by Crippen LogP contribution is 2.24. The summed E-state index contributed by atoms with van der Waals surface area (Å²) in [5.41, 5.74) is 7.53. The molecule has 0 aliphatic rings. The molecule has 2 rings (SSSR count). The summed E-state index contributed by atoms with van der Waals surface area (Å²) < 4.78 is 1.83. The summed E-state index contributed by atoms with van der Waals surface area (Å²) in [7, 11) is 0. The highest BCUT2D eigenvalue weighted by molar-refractivity contribution is 7.73. The van der Waals surface area contributed by atoms with E-state index in [1.807, 2.05) is 18.2 Å². The van der Waals surface area contributed by atoms with Crippen molar-refractivity contribution in [1.29, 1.82) is 0 Å². The van der Waals surface area contributed by atoms with Crippen LogP contribution in [0, 0.1) is 3.95 Å². The number of anilines is 1. The SMILES string of the molecule is Nc1cccc2[nH]c(=S)sc12. The van der Waals surface area contributed by atoms with Crippen LogP contribution in [0.1, 0.15) is 0 Å². The van der Waals surface area contributed by atoms with Crippen LogP contribution >= 0.6 is 23.6 Å². The van der Waals surface area contributed by atoms with Gasteiger partial charge in [-0.05, 0) is 24.4 Å². The number of aromatic amines is 1. The van der Waals surface area contributed by atoms with E-state index in [9.17, 15) is 0 Å². The Morgan fingerprint density at radius 1 is 1.45 bits per heavy atom. The number of hydrogen-bond donors (Lipinski definition) is 2. The van der Waals surface area contributed by atoms with Crippen molar-refractivity contribution < 1.29 is 0 Å². The van der Waals surface area contributed by atoms with Gasteiger partial charge in [-0.2, -0.15) is 0 Å². The minimum atomic E-state index is 0.776. The molecule has 56 valence electrons. The summed E-state index contributed by atoms with van der Waals surface area (Å²) >= 11 is 6.49. The monoisotopic (exact) mass is 182 g/mol. The molecule has 0 atom stereocenters. The Balaban J connectivity index is 3.01. The number of H-pyrrole nitrogens is 1. The predicted octanol–water partition coefficient (Wildman–Crippen LogP) is 2.54. The van der Waals surface area contributed by atoms with E-state index in [2.05, 4.69) is 4.98 Å². The van der Waals surface area contributed by atoms with Crippen LogP contribution in [0.3, 0.4) is 0 Å². The molecule has 0 aliphatic carbocycles. The summed E-state index contributed by atoms with van der Waals surface area (Å²) in [4.78, 5) is 3.05. The fourth-order valence-corrected chi connectivity index (χ4v) is 2.12. The smallest absolute Gasteiger partial charge is 0.159 e. The standard InChI is InChI=1S/C7H6N2S2/c8-4-2-1-3-5-6(4)11-7(10)9-5/h1-3H,8H2,(H,9,10). The molecule has 1 aromatic heterocycles. The number of rotatable bonds is 0. The van der Waals surface area contributed by atoms with Gasteiger partial charge in [0.05, 0.1) is 15.9 Å². The minimum Gasteiger partial charge on any atom is -0.398 e. The van der Waals surface area contributed by atoms with Gasteiger partial charge in [-0.25, -0.2) is 0 Å². The highest BCUT2D eigenvalue weighted by atomic mass is 32.1. The quantitative estimate of drug-likeness (QED) is 0.485. The molecule has 1 heterocycles. The molecule has 0 radical (unpaired) electrons. The van der Waals surface area contributed by atoms with E-state index >= 15 is 0 Å². The zero-order valence-corrected chi connectivity index (χ0v) is 7.26. The second-order valence-corrected chi connectivity index (χ2v) is 3.93. The van der Waals surface area contributed by atoms with Crippen molar-refractivity contribution >= 4 is 39.5 Å². The summed E-state index contributed by atoms with van der Waals surface area (Å²) in [6, 6.07) is 5.76. The van der Waals surface area contributed by atoms with Gasteiger partial charge in [0, 0.05) is 0 Å². The molecule has 0 bridgehead atoms. The maximum Gasteiger partial charge on any atom is 0.159 e. The van der Waals surface area contributed by atoms with Crippen LogP contribution in [0.5, 0.6) is 0 Å². The molecule has 3 N–H and O–H groups in total. The van der Waals surface area contributed by atoms with E-state index in [1.165, 1.54) is 11.3 Å². The van der Waals surface area contributed by atoms with Gasteiger partial charge >= 0.3 is 0 Å². The van der Waals surface area contributed by atoms with Crippen LogP contribution in [0.2, 0.25) is 0 Å². The molecule has 1 aromatic carbocycles. The minimum absolute atomic E-state index is 0.776. The summed E-state index contributed by atoms with van der Waals surface area (Å²) in [6.07, 6.45) is 0. The largest absolute Gasteiger partial charge is 0.398 e. The number of benzene rings is 1. The number of fused-ring (bicyclic) bond motifs is 1. The number of aromatic nitrogens is 1. The van der Waals surface area contributed by atoms with Crippen LogP contribution in [0.25, 0.3) is 10.2 Å². The first kappa shape index (κ1) is 6.82. The lowest BCUT2D eigenvalue weighted by atomic mass is 10.3. The van der Waals surface area contributed by atoms with Crippen molar-refractivity contribution in [2.24, 2.45) is 0 Å². The molecule has 0 amide bonds. The Morgan fingerprint density at radius 2 is 2.27 bits per heavy atom. The van der Waals surface area contributed by atoms with E-state index < -0.39 is 0 Å². The van der Waals surface area contributed by atoms with Gasteiger partial charge < -0.3 is 10.7 Å². The average Bonchev–Trinajstić information content (AvgIpc) is 2.31. The lowest BCUT2D eigenvalue weighted by Gasteiger charge is -1.91. The third-order valence-corrected chi connectivity index (χ3v) is 2.78. The van der Waals surface area contributed by atoms with Crippen molar-refractivity contribution in [3.63, 3.8) is 0 Å². The fourth-order valence-electron chi connectivity index (χ4n) is 0.995.